The lowest BCUT2D eigenvalue weighted by Gasteiger charge is -2.10. The molecule has 0 heterocycles. The lowest BCUT2D eigenvalue weighted by molar-refractivity contribution is 0.0706. The topological polar surface area (TPSA) is 29.5 Å². The zero-order valence-electron chi connectivity index (χ0n) is 8.86. The van der Waals surface area contributed by atoms with Gasteiger partial charge in [0.2, 0.25) is 0 Å². The van der Waals surface area contributed by atoms with Gasteiger partial charge in [-0.15, -0.1) is 0 Å². The van der Waals surface area contributed by atoms with E-state index in [0.29, 0.717) is 11.9 Å². The lowest BCUT2D eigenvalue weighted by Crippen LogP contribution is -2.08. The van der Waals surface area contributed by atoms with Gasteiger partial charge in [-0.25, -0.2) is 0 Å². The minimum absolute atomic E-state index is 0.314. The average Bonchev–Trinajstić information content (AvgIpc) is 2.17. The summed E-state index contributed by atoms with van der Waals surface area (Å²) in [6.07, 6.45) is 2.34. The van der Waals surface area contributed by atoms with Crippen molar-refractivity contribution in [2.24, 2.45) is 0 Å². The molecule has 0 saturated carbocycles. The van der Waals surface area contributed by atoms with Crippen LogP contribution < -0.4 is 0 Å². The minimum Gasteiger partial charge on any atom is -0.508 e. The number of aryl methyl sites for hydroxylation is 1. The van der Waals surface area contributed by atoms with E-state index in [0.717, 1.165) is 19.4 Å². The Morgan fingerprint density at radius 3 is 2.50 bits per heavy atom. The van der Waals surface area contributed by atoms with Gasteiger partial charge in [-0.3, -0.25) is 0 Å². The fourth-order valence-electron chi connectivity index (χ4n) is 1.40. The Kier molecular flexibility index (Phi) is 4.47. The molecule has 1 atom stereocenters. The second-order valence-corrected chi connectivity index (χ2v) is 3.47. The van der Waals surface area contributed by atoms with Gasteiger partial charge in [0.05, 0.1) is 6.10 Å². The van der Waals surface area contributed by atoms with Crippen molar-refractivity contribution in [3.63, 3.8) is 0 Å². The maximum Gasteiger partial charge on any atom is 0.115 e. The van der Waals surface area contributed by atoms with Gasteiger partial charge >= 0.3 is 0 Å². The van der Waals surface area contributed by atoms with E-state index in [1.807, 2.05) is 19.1 Å². The molecule has 0 aromatic heterocycles. The molecule has 0 aliphatic rings. The molecule has 0 unspecified atom stereocenters. The third-order valence-electron chi connectivity index (χ3n) is 2.23. The van der Waals surface area contributed by atoms with Crippen molar-refractivity contribution >= 4 is 0 Å². The molecule has 1 N–H and O–H groups in total. The van der Waals surface area contributed by atoms with E-state index in [1.165, 1.54) is 5.56 Å². The van der Waals surface area contributed by atoms with Crippen LogP contribution in [-0.4, -0.2) is 17.8 Å². The number of hydrogen-bond acceptors (Lipinski definition) is 2. The minimum atomic E-state index is 0.314. The molecule has 0 saturated heterocycles. The van der Waals surface area contributed by atoms with Crippen LogP contribution in [0, 0.1) is 0 Å². The van der Waals surface area contributed by atoms with Crippen molar-refractivity contribution in [2.45, 2.75) is 32.8 Å². The first kappa shape index (κ1) is 11.1. The van der Waals surface area contributed by atoms with Gasteiger partial charge in [-0.1, -0.05) is 12.1 Å². The first-order chi connectivity index (χ1) is 6.72. The second-order valence-electron chi connectivity index (χ2n) is 3.47. The van der Waals surface area contributed by atoms with Crippen molar-refractivity contribution in [2.75, 3.05) is 6.61 Å². The van der Waals surface area contributed by atoms with Crippen LogP contribution in [0.5, 0.6) is 5.75 Å². The summed E-state index contributed by atoms with van der Waals surface area (Å²) in [7, 11) is 0. The SMILES string of the molecule is CCO[C@H](C)CCc1ccc(O)cc1. The Bertz CT molecular complexity index is 254. The van der Waals surface area contributed by atoms with Gasteiger partial charge in [-0.05, 0) is 44.4 Å². The van der Waals surface area contributed by atoms with Crippen LogP contribution in [0.3, 0.4) is 0 Å². The summed E-state index contributed by atoms with van der Waals surface area (Å²) in [5.74, 6) is 0.326. The zero-order valence-corrected chi connectivity index (χ0v) is 8.86. The maximum absolute atomic E-state index is 9.09. The van der Waals surface area contributed by atoms with Gasteiger partial charge in [0.15, 0.2) is 0 Å². The van der Waals surface area contributed by atoms with Crippen LogP contribution in [0.1, 0.15) is 25.8 Å². The van der Waals surface area contributed by atoms with E-state index >= 15 is 0 Å². The Balaban J connectivity index is 2.34. The fourth-order valence-corrected chi connectivity index (χ4v) is 1.40. The van der Waals surface area contributed by atoms with Gasteiger partial charge in [-0.2, -0.15) is 0 Å². The average molecular weight is 194 g/mol. The number of hydrogen-bond donors (Lipinski definition) is 1. The van der Waals surface area contributed by atoms with Gasteiger partial charge < -0.3 is 9.84 Å². The molecule has 1 aromatic rings. The van der Waals surface area contributed by atoms with Crippen molar-refractivity contribution in [3.8, 4) is 5.75 Å². The molecule has 0 aliphatic carbocycles. The Hall–Kier alpha value is -1.02. The predicted molar refractivity (Wildman–Crippen MR) is 57.5 cm³/mol. The molecule has 2 nitrogen and oxygen atoms in total. The summed E-state index contributed by atoms with van der Waals surface area (Å²) in [6.45, 7) is 4.87. The molecule has 78 valence electrons. The number of ether oxygens (including phenoxy) is 1. The molecule has 0 bridgehead atoms. The molecule has 0 spiro atoms. The van der Waals surface area contributed by atoms with Gasteiger partial charge in [0.1, 0.15) is 5.75 Å². The van der Waals surface area contributed by atoms with Crippen LogP contribution in [0.15, 0.2) is 24.3 Å². The Labute approximate surface area is 85.5 Å². The first-order valence-corrected chi connectivity index (χ1v) is 5.12. The molecule has 0 amide bonds. The summed E-state index contributed by atoms with van der Waals surface area (Å²) in [6, 6.07) is 7.35. The quantitative estimate of drug-likeness (QED) is 0.781. The van der Waals surface area contributed by atoms with Crippen LogP contribution in [0.4, 0.5) is 0 Å². The lowest BCUT2D eigenvalue weighted by atomic mass is 10.1. The largest absolute Gasteiger partial charge is 0.508 e. The summed E-state index contributed by atoms with van der Waals surface area (Å²) in [5.41, 5.74) is 1.24. The van der Waals surface area contributed by atoms with Crippen LogP contribution in [0.2, 0.25) is 0 Å². The monoisotopic (exact) mass is 194 g/mol. The van der Waals surface area contributed by atoms with E-state index in [1.54, 1.807) is 12.1 Å². The van der Waals surface area contributed by atoms with E-state index in [4.69, 9.17) is 9.84 Å². The molecule has 0 aliphatic heterocycles. The van der Waals surface area contributed by atoms with E-state index in [9.17, 15) is 0 Å². The molecule has 2 heteroatoms. The van der Waals surface area contributed by atoms with Crippen molar-refractivity contribution in [1.29, 1.82) is 0 Å². The van der Waals surface area contributed by atoms with E-state index in [2.05, 4.69) is 6.92 Å². The molecular formula is C12H18O2. The van der Waals surface area contributed by atoms with Crippen LogP contribution in [0.25, 0.3) is 0 Å². The van der Waals surface area contributed by atoms with Gasteiger partial charge in [0, 0.05) is 6.61 Å². The fraction of sp³-hybridized carbons (Fsp3) is 0.500. The maximum atomic E-state index is 9.09. The molecule has 0 fully saturated rings. The van der Waals surface area contributed by atoms with Crippen molar-refractivity contribution < 1.29 is 9.84 Å². The highest BCUT2D eigenvalue weighted by Crippen LogP contribution is 2.12. The highest BCUT2D eigenvalue weighted by molar-refractivity contribution is 5.25. The smallest absolute Gasteiger partial charge is 0.115 e. The third kappa shape index (κ3) is 3.79. The van der Waals surface area contributed by atoms with Crippen LogP contribution in [-0.2, 0) is 11.2 Å². The molecule has 1 rings (SSSR count). The molecule has 1 aromatic carbocycles. The summed E-state index contributed by atoms with van der Waals surface area (Å²) >= 11 is 0. The van der Waals surface area contributed by atoms with Crippen molar-refractivity contribution in [3.05, 3.63) is 29.8 Å². The number of phenols is 1. The second kappa shape index (κ2) is 5.66. The Morgan fingerprint density at radius 2 is 1.93 bits per heavy atom. The van der Waals surface area contributed by atoms with E-state index < -0.39 is 0 Å². The first-order valence-electron chi connectivity index (χ1n) is 5.12. The predicted octanol–water partition coefficient (Wildman–Crippen LogP) is 2.75. The molecular weight excluding hydrogens is 176 g/mol. The summed E-state index contributed by atoms with van der Waals surface area (Å²) < 4.78 is 5.44. The highest BCUT2D eigenvalue weighted by atomic mass is 16.5. The highest BCUT2D eigenvalue weighted by Gasteiger charge is 2.01. The van der Waals surface area contributed by atoms with Gasteiger partial charge in [0.25, 0.3) is 0 Å². The number of rotatable bonds is 5. The molecule has 0 radical (unpaired) electrons. The normalized spacial score (nSPS) is 12.7. The number of phenolic OH excluding ortho intramolecular Hbond substituents is 1. The zero-order chi connectivity index (χ0) is 10.4. The number of benzene rings is 1. The van der Waals surface area contributed by atoms with E-state index in [-0.39, 0.29) is 0 Å². The van der Waals surface area contributed by atoms with Crippen molar-refractivity contribution in [1.82, 2.24) is 0 Å². The summed E-state index contributed by atoms with van der Waals surface area (Å²) in [4.78, 5) is 0. The number of aromatic hydroxyl groups is 1. The Morgan fingerprint density at radius 1 is 1.29 bits per heavy atom. The third-order valence-corrected chi connectivity index (χ3v) is 2.23. The standard InChI is InChI=1S/C12H18O2/c1-3-14-10(2)4-5-11-6-8-12(13)9-7-11/h6-10,13H,3-5H2,1-2H3/t10-/m1/s1. The molecule has 14 heavy (non-hydrogen) atoms. The van der Waals surface area contributed by atoms with Crippen LogP contribution >= 0.6 is 0 Å². The summed E-state index contributed by atoms with van der Waals surface area (Å²) in [5, 5.41) is 9.09.